The molecule has 0 spiro atoms. The van der Waals surface area contributed by atoms with Gasteiger partial charge in [0.05, 0.1) is 4.90 Å². The summed E-state index contributed by atoms with van der Waals surface area (Å²) in [6.45, 7) is 6.39. The molecule has 1 saturated heterocycles. The molecule has 5 N–H and O–H groups in total. The zero-order valence-electron chi connectivity index (χ0n) is 19.8. The lowest BCUT2D eigenvalue weighted by Gasteiger charge is -2.31. The Hall–Kier alpha value is -2.43. The monoisotopic (exact) mass is 489 g/mol. The number of ether oxygens (including phenoxy) is 1. The van der Waals surface area contributed by atoms with Gasteiger partial charge in [-0.25, -0.2) is 8.42 Å². The molecule has 1 atom stereocenters. The van der Waals surface area contributed by atoms with Crippen LogP contribution in [-0.2, 0) is 10.0 Å². The largest absolute Gasteiger partial charge is 0.490 e. The van der Waals surface area contributed by atoms with E-state index in [1.807, 2.05) is 50.2 Å². The second kappa shape index (κ2) is 11.3. The van der Waals surface area contributed by atoms with Gasteiger partial charge in [-0.2, -0.15) is 4.31 Å². The lowest BCUT2D eigenvalue weighted by atomic mass is 9.98. The lowest BCUT2D eigenvalue weighted by Crippen LogP contribution is -2.42. The highest BCUT2D eigenvalue weighted by atomic mass is 32.2. The van der Waals surface area contributed by atoms with E-state index in [0.717, 1.165) is 47.3 Å². The van der Waals surface area contributed by atoms with Gasteiger partial charge in [-0.3, -0.25) is 0 Å². The molecule has 1 aliphatic rings. The minimum atomic E-state index is -3.43. The van der Waals surface area contributed by atoms with Crippen LogP contribution >= 0.6 is 0 Å². The van der Waals surface area contributed by atoms with Crippen LogP contribution in [0.15, 0.2) is 53.4 Å². The second-order valence-electron chi connectivity index (χ2n) is 8.95. The molecule has 4 rings (SSSR count). The van der Waals surface area contributed by atoms with Crippen LogP contribution < -0.4 is 10.1 Å². The maximum atomic E-state index is 12.8. The highest BCUT2D eigenvalue weighted by Crippen LogP contribution is 2.26. The molecule has 1 fully saturated rings. The molecule has 0 saturated carbocycles. The fourth-order valence-corrected chi connectivity index (χ4v) is 5.77. The molecular weight excluding hydrogens is 454 g/mol. The van der Waals surface area contributed by atoms with Crippen molar-refractivity contribution in [2.75, 3.05) is 32.8 Å². The summed E-state index contributed by atoms with van der Waals surface area (Å²) in [5.41, 5.74) is 3.14. The Labute approximate surface area is 201 Å². The van der Waals surface area contributed by atoms with Crippen molar-refractivity contribution in [3.63, 3.8) is 0 Å². The Kier molecular flexibility index (Phi) is 8.72. The van der Waals surface area contributed by atoms with Crippen LogP contribution in [0.5, 0.6) is 5.75 Å². The number of aliphatic hydroxyl groups excluding tert-OH is 1. The summed E-state index contributed by atoms with van der Waals surface area (Å²) < 4.78 is 33.1. The van der Waals surface area contributed by atoms with Gasteiger partial charge >= 0.3 is 0 Å². The highest BCUT2D eigenvalue weighted by Gasteiger charge is 2.29. The number of hydrogen-bond donors (Lipinski definition) is 3. The number of H-pyrrole nitrogens is 1. The number of rotatable bonds is 9. The van der Waals surface area contributed by atoms with Crippen molar-refractivity contribution < 1.29 is 23.7 Å². The van der Waals surface area contributed by atoms with E-state index < -0.39 is 16.1 Å². The van der Waals surface area contributed by atoms with Gasteiger partial charge in [-0.05, 0) is 69.5 Å². The third kappa shape index (κ3) is 6.17. The summed E-state index contributed by atoms with van der Waals surface area (Å²) in [6, 6.07) is 14.9. The first-order valence-electron chi connectivity index (χ1n) is 11.5. The first-order chi connectivity index (χ1) is 15.8. The van der Waals surface area contributed by atoms with E-state index in [9.17, 15) is 13.5 Å². The van der Waals surface area contributed by atoms with Crippen LogP contribution in [0.2, 0.25) is 0 Å². The SMILES string of the molecule is Cc1ccc(S(=O)(=O)N2CCC(CNCC(O)COc3cccc4[nH]c(C)cc34)CC2)cc1.O. The number of nitrogens with one attached hydrogen (secondary N) is 2. The number of aliphatic hydroxyl groups is 1. The Morgan fingerprint density at radius 2 is 1.85 bits per heavy atom. The number of nitrogens with zero attached hydrogens (tertiary/aromatic N) is 1. The fourth-order valence-electron chi connectivity index (χ4n) is 4.30. The zero-order valence-corrected chi connectivity index (χ0v) is 20.6. The van der Waals surface area contributed by atoms with Gasteiger partial charge in [0.25, 0.3) is 0 Å². The number of piperidine rings is 1. The first-order valence-corrected chi connectivity index (χ1v) is 12.9. The van der Waals surface area contributed by atoms with Crippen molar-refractivity contribution in [2.45, 2.75) is 37.7 Å². The topological polar surface area (TPSA) is 126 Å². The van der Waals surface area contributed by atoms with Crippen molar-refractivity contribution in [2.24, 2.45) is 5.92 Å². The molecule has 2 aromatic carbocycles. The quantitative estimate of drug-likeness (QED) is 0.425. The molecule has 0 amide bonds. The fraction of sp³-hybridized carbons (Fsp3) is 0.440. The first kappa shape index (κ1) is 26.2. The molecule has 8 nitrogen and oxygen atoms in total. The van der Waals surface area contributed by atoms with Gasteiger partial charge in [0.15, 0.2) is 0 Å². The van der Waals surface area contributed by atoms with Crippen LogP contribution in [0, 0.1) is 19.8 Å². The molecule has 1 aliphatic heterocycles. The summed E-state index contributed by atoms with van der Waals surface area (Å²) in [6.07, 6.45) is 0.987. The summed E-state index contributed by atoms with van der Waals surface area (Å²) in [5, 5.41) is 14.7. The van der Waals surface area contributed by atoms with Crippen molar-refractivity contribution in [3.8, 4) is 5.75 Å². The maximum Gasteiger partial charge on any atom is 0.243 e. The van der Waals surface area contributed by atoms with Crippen LogP contribution in [0.25, 0.3) is 10.9 Å². The minimum Gasteiger partial charge on any atom is -0.490 e. The highest BCUT2D eigenvalue weighted by molar-refractivity contribution is 7.89. The molecular formula is C25H35N3O5S. The average molecular weight is 490 g/mol. The number of aromatic amines is 1. The van der Waals surface area contributed by atoms with Crippen LogP contribution in [0.4, 0.5) is 0 Å². The predicted molar refractivity (Wildman–Crippen MR) is 134 cm³/mol. The van der Waals surface area contributed by atoms with Crippen LogP contribution in [-0.4, -0.2) is 67.2 Å². The molecule has 0 aliphatic carbocycles. The Balaban J connectivity index is 0.00000324. The third-order valence-corrected chi connectivity index (χ3v) is 8.15. The Morgan fingerprint density at radius 3 is 2.56 bits per heavy atom. The van der Waals surface area contributed by atoms with Gasteiger partial charge < -0.3 is 25.6 Å². The molecule has 34 heavy (non-hydrogen) atoms. The second-order valence-corrected chi connectivity index (χ2v) is 10.9. The summed E-state index contributed by atoms with van der Waals surface area (Å²) in [4.78, 5) is 3.64. The van der Waals surface area contributed by atoms with E-state index in [-0.39, 0.29) is 12.1 Å². The van der Waals surface area contributed by atoms with Crippen molar-refractivity contribution in [3.05, 3.63) is 59.8 Å². The summed E-state index contributed by atoms with van der Waals surface area (Å²) in [5.74, 6) is 1.15. The molecule has 0 bridgehead atoms. The van der Waals surface area contributed by atoms with Crippen molar-refractivity contribution >= 4 is 20.9 Å². The predicted octanol–water partition coefficient (Wildman–Crippen LogP) is 2.39. The lowest BCUT2D eigenvalue weighted by molar-refractivity contribution is 0.105. The van der Waals surface area contributed by atoms with E-state index in [1.165, 1.54) is 0 Å². The van der Waals surface area contributed by atoms with E-state index >= 15 is 0 Å². The number of fused-ring (bicyclic) bond motifs is 1. The van der Waals surface area contributed by atoms with E-state index in [1.54, 1.807) is 16.4 Å². The average Bonchev–Trinajstić information content (AvgIpc) is 3.19. The number of hydrogen-bond acceptors (Lipinski definition) is 5. The van der Waals surface area contributed by atoms with E-state index in [2.05, 4.69) is 10.3 Å². The maximum absolute atomic E-state index is 12.8. The van der Waals surface area contributed by atoms with E-state index in [0.29, 0.717) is 30.4 Å². The standard InChI is InChI=1S/C25H33N3O4S.H2O/c1-18-6-8-22(9-7-18)33(30,31)28-12-10-20(11-13-28)15-26-16-21(29)17-32-25-5-3-4-24-23(25)14-19(2)27-24;/h3-9,14,20-21,26-27,29H,10-13,15-17H2,1-2H3;1H2. The molecule has 9 heteroatoms. The van der Waals surface area contributed by atoms with Gasteiger partial charge in [0, 0.05) is 36.2 Å². The normalized spacial score (nSPS) is 16.3. The van der Waals surface area contributed by atoms with Crippen molar-refractivity contribution in [1.82, 2.24) is 14.6 Å². The number of benzene rings is 2. The summed E-state index contributed by atoms with van der Waals surface area (Å²) >= 11 is 0. The summed E-state index contributed by atoms with van der Waals surface area (Å²) in [7, 11) is -3.43. The van der Waals surface area contributed by atoms with Gasteiger partial charge in [-0.1, -0.05) is 23.8 Å². The third-order valence-electron chi connectivity index (χ3n) is 6.24. The van der Waals surface area contributed by atoms with Crippen LogP contribution in [0.3, 0.4) is 0 Å². The molecule has 0 radical (unpaired) electrons. The number of aryl methyl sites for hydroxylation is 2. The van der Waals surface area contributed by atoms with Gasteiger partial charge in [-0.15, -0.1) is 0 Å². The minimum absolute atomic E-state index is 0. The van der Waals surface area contributed by atoms with E-state index in [4.69, 9.17) is 4.74 Å². The molecule has 3 aromatic rings. The zero-order chi connectivity index (χ0) is 23.4. The molecule has 1 unspecified atom stereocenters. The van der Waals surface area contributed by atoms with Crippen molar-refractivity contribution in [1.29, 1.82) is 0 Å². The Morgan fingerprint density at radius 1 is 1.15 bits per heavy atom. The van der Waals surface area contributed by atoms with Gasteiger partial charge in [0.2, 0.25) is 10.0 Å². The smallest absolute Gasteiger partial charge is 0.243 e. The number of aromatic nitrogens is 1. The van der Waals surface area contributed by atoms with Gasteiger partial charge in [0.1, 0.15) is 18.5 Å². The van der Waals surface area contributed by atoms with Crippen LogP contribution in [0.1, 0.15) is 24.1 Å². The molecule has 1 aromatic heterocycles. The molecule has 2 heterocycles. The Bertz CT molecular complexity index is 1170. The number of sulfonamides is 1. The molecule has 186 valence electrons.